The van der Waals surface area contributed by atoms with Gasteiger partial charge in [-0.3, -0.25) is 0 Å². The van der Waals surface area contributed by atoms with Crippen LogP contribution in [0.15, 0.2) is 21.0 Å². The Hall–Kier alpha value is -0.940. The number of hydrogen-bond donors (Lipinski definition) is 1. The van der Waals surface area contributed by atoms with E-state index in [4.69, 9.17) is 10.2 Å². The molecule has 0 saturated carbocycles. The van der Waals surface area contributed by atoms with Crippen molar-refractivity contribution >= 4 is 26.9 Å². The fourth-order valence-corrected chi connectivity index (χ4v) is 1.83. The highest BCUT2D eigenvalue weighted by atomic mass is 79.9. The maximum Gasteiger partial charge on any atom is 0.201 e. The van der Waals surface area contributed by atoms with Gasteiger partial charge in [-0.25, -0.2) is 4.39 Å². The van der Waals surface area contributed by atoms with Crippen LogP contribution in [0.3, 0.4) is 0 Å². The van der Waals surface area contributed by atoms with Gasteiger partial charge in [-0.1, -0.05) is 0 Å². The zero-order valence-electron chi connectivity index (χ0n) is 7.85. The van der Waals surface area contributed by atoms with Crippen LogP contribution < -0.4 is 5.73 Å². The van der Waals surface area contributed by atoms with Gasteiger partial charge < -0.3 is 10.2 Å². The quantitative estimate of drug-likeness (QED) is 0.810. The lowest BCUT2D eigenvalue weighted by atomic mass is 10.2. The van der Waals surface area contributed by atoms with Crippen LogP contribution in [0.1, 0.15) is 18.7 Å². The van der Waals surface area contributed by atoms with Crippen molar-refractivity contribution in [1.29, 1.82) is 0 Å². The van der Waals surface area contributed by atoms with E-state index in [-0.39, 0.29) is 11.6 Å². The Morgan fingerprint density at radius 1 is 1.40 bits per heavy atom. The van der Waals surface area contributed by atoms with Crippen molar-refractivity contribution in [2.24, 2.45) is 5.73 Å². The number of furan rings is 1. The van der Waals surface area contributed by atoms with Crippen LogP contribution in [0.2, 0.25) is 0 Å². The highest BCUT2D eigenvalue weighted by molar-refractivity contribution is 9.10. The predicted octanol–water partition coefficient (Wildman–Crippen LogP) is 3.49. The summed E-state index contributed by atoms with van der Waals surface area (Å²) in [4.78, 5) is 0. The monoisotopic (exact) mass is 275 g/mol. The lowest BCUT2D eigenvalue weighted by Crippen LogP contribution is -2.02. The molecule has 0 aliphatic heterocycles. The molecule has 2 nitrogen and oxygen atoms in total. The van der Waals surface area contributed by atoms with Crippen molar-refractivity contribution in [3.63, 3.8) is 0 Å². The Morgan fingerprint density at radius 2 is 2.07 bits per heavy atom. The molecule has 0 radical (unpaired) electrons. The van der Waals surface area contributed by atoms with Gasteiger partial charge in [-0.05, 0) is 35.0 Å². The molecule has 5 heteroatoms. The van der Waals surface area contributed by atoms with E-state index in [2.05, 4.69) is 15.9 Å². The molecule has 1 atom stereocenters. The topological polar surface area (TPSA) is 39.2 Å². The van der Waals surface area contributed by atoms with Crippen LogP contribution in [-0.4, -0.2) is 0 Å². The number of rotatable bonds is 1. The van der Waals surface area contributed by atoms with E-state index in [0.717, 1.165) is 6.07 Å². The molecule has 0 spiro atoms. The van der Waals surface area contributed by atoms with E-state index in [1.807, 2.05) is 0 Å². The van der Waals surface area contributed by atoms with Crippen LogP contribution in [0, 0.1) is 11.6 Å². The Balaban J connectivity index is 2.80. The van der Waals surface area contributed by atoms with E-state index < -0.39 is 11.6 Å². The van der Waals surface area contributed by atoms with Crippen molar-refractivity contribution in [2.45, 2.75) is 13.0 Å². The van der Waals surface area contributed by atoms with Crippen molar-refractivity contribution in [1.82, 2.24) is 0 Å². The van der Waals surface area contributed by atoms with Crippen LogP contribution >= 0.6 is 15.9 Å². The summed E-state index contributed by atoms with van der Waals surface area (Å²) < 4.78 is 32.0. The Morgan fingerprint density at radius 3 is 2.67 bits per heavy atom. The smallest absolute Gasteiger partial charge is 0.201 e. The molecule has 0 saturated heterocycles. The van der Waals surface area contributed by atoms with Crippen molar-refractivity contribution in [3.8, 4) is 0 Å². The summed E-state index contributed by atoms with van der Waals surface area (Å²) in [5.41, 5.74) is 5.49. The van der Waals surface area contributed by atoms with Crippen molar-refractivity contribution in [2.75, 3.05) is 0 Å². The minimum Gasteiger partial charge on any atom is -0.456 e. The molecule has 1 aromatic carbocycles. The first-order valence-corrected chi connectivity index (χ1v) is 5.12. The Labute approximate surface area is 93.2 Å². The third-order valence-electron chi connectivity index (χ3n) is 2.12. The summed E-state index contributed by atoms with van der Waals surface area (Å²) in [5.74, 6) is -1.50. The summed E-state index contributed by atoms with van der Waals surface area (Å²) in [6, 6.07) is 2.32. The first kappa shape index (κ1) is 10.6. The molecular weight excluding hydrogens is 268 g/mol. The first-order valence-electron chi connectivity index (χ1n) is 4.33. The second kappa shape index (κ2) is 3.57. The number of fused-ring (bicyclic) bond motifs is 1. The van der Waals surface area contributed by atoms with Gasteiger partial charge in [0.15, 0.2) is 11.4 Å². The summed E-state index contributed by atoms with van der Waals surface area (Å²) >= 11 is 3.14. The average molecular weight is 276 g/mol. The van der Waals surface area contributed by atoms with E-state index in [9.17, 15) is 8.78 Å². The summed E-state index contributed by atoms with van der Waals surface area (Å²) in [5, 5.41) is 0.487. The Kier molecular flexibility index (Phi) is 2.52. The van der Waals surface area contributed by atoms with Gasteiger partial charge in [0.1, 0.15) is 5.76 Å². The summed E-state index contributed by atoms with van der Waals surface area (Å²) in [6.07, 6.45) is 0. The van der Waals surface area contributed by atoms with Crippen molar-refractivity contribution in [3.05, 3.63) is 34.0 Å². The molecular formula is C10H8BrF2NO. The van der Waals surface area contributed by atoms with Crippen LogP contribution in [0.4, 0.5) is 8.78 Å². The number of halogens is 3. The second-order valence-corrected chi connectivity index (χ2v) is 4.19. The van der Waals surface area contributed by atoms with Gasteiger partial charge in [0.2, 0.25) is 5.82 Å². The third-order valence-corrected chi connectivity index (χ3v) is 2.78. The van der Waals surface area contributed by atoms with E-state index in [0.29, 0.717) is 15.6 Å². The van der Waals surface area contributed by atoms with Gasteiger partial charge in [0, 0.05) is 9.86 Å². The summed E-state index contributed by atoms with van der Waals surface area (Å²) in [6.45, 7) is 1.71. The maximum absolute atomic E-state index is 13.3. The highest BCUT2D eigenvalue weighted by Gasteiger charge is 2.17. The van der Waals surface area contributed by atoms with Crippen LogP contribution in [0.5, 0.6) is 0 Å². The molecule has 0 bridgehead atoms. The zero-order chi connectivity index (χ0) is 11.2. The van der Waals surface area contributed by atoms with Gasteiger partial charge in [0.05, 0.1) is 6.04 Å². The molecule has 0 aliphatic carbocycles. The fourth-order valence-electron chi connectivity index (χ4n) is 1.34. The predicted molar refractivity (Wildman–Crippen MR) is 56.4 cm³/mol. The van der Waals surface area contributed by atoms with Gasteiger partial charge in [-0.2, -0.15) is 4.39 Å². The van der Waals surface area contributed by atoms with Gasteiger partial charge >= 0.3 is 0 Å². The minimum atomic E-state index is -0.986. The molecule has 80 valence electrons. The van der Waals surface area contributed by atoms with Crippen molar-refractivity contribution < 1.29 is 13.2 Å². The largest absolute Gasteiger partial charge is 0.456 e. The molecule has 15 heavy (non-hydrogen) atoms. The van der Waals surface area contributed by atoms with E-state index >= 15 is 0 Å². The normalized spacial score (nSPS) is 13.4. The first-order chi connectivity index (χ1) is 7.00. The molecule has 2 N–H and O–H groups in total. The van der Waals surface area contributed by atoms with Gasteiger partial charge in [0.25, 0.3) is 0 Å². The third kappa shape index (κ3) is 1.66. The molecule has 2 aromatic rings. The molecule has 0 amide bonds. The fraction of sp³-hybridized carbons (Fsp3) is 0.200. The zero-order valence-corrected chi connectivity index (χ0v) is 9.44. The standard InChI is InChI=1S/C10H8BrF2NO/c1-4(14)8-2-5-6(11)3-7(12)9(13)10(5)15-8/h2-4H,14H2,1H3. The average Bonchev–Trinajstić information content (AvgIpc) is 2.59. The van der Waals surface area contributed by atoms with E-state index in [1.165, 1.54) is 0 Å². The SMILES string of the molecule is CC(N)c1cc2c(Br)cc(F)c(F)c2o1. The molecule has 0 fully saturated rings. The number of hydrogen-bond acceptors (Lipinski definition) is 2. The van der Waals surface area contributed by atoms with E-state index in [1.54, 1.807) is 13.0 Å². The number of nitrogens with two attached hydrogens (primary N) is 1. The van der Waals surface area contributed by atoms with Crippen LogP contribution in [0.25, 0.3) is 11.0 Å². The second-order valence-electron chi connectivity index (χ2n) is 3.33. The molecule has 1 aromatic heterocycles. The molecule has 0 aliphatic rings. The Bertz CT molecular complexity index is 522. The number of benzene rings is 1. The summed E-state index contributed by atoms with van der Waals surface area (Å²) in [7, 11) is 0. The van der Waals surface area contributed by atoms with Gasteiger partial charge in [-0.15, -0.1) is 0 Å². The lowest BCUT2D eigenvalue weighted by Gasteiger charge is -1.97. The lowest BCUT2D eigenvalue weighted by molar-refractivity contribution is 0.466. The van der Waals surface area contributed by atoms with Crippen LogP contribution in [-0.2, 0) is 0 Å². The molecule has 1 heterocycles. The molecule has 1 unspecified atom stereocenters. The molecule has 2 rings (SSSR count). The maximum atomic E-state index is 13.3. The minimum absolute atomic E-state index is 0.103. The highest BCUT2D eigenvalue weighted by Crippen LogP contribution is 2.32.